The highest BCUT2D eigenvalue weighted by atomic mass is 16.5. The maximum atomic E-state index is 12.1. The number of esters is 1. The van der Waals surface area contributed by atoms with Gasteiger partial charge >= 0.3 is 5.97 Å². The predicted octanol–water partition coefficient (Wildman–Crippen LogP) is 3.38. The van der Waals surface area contributed by atoms with Crippen LogP contribution in [0.25, 0.3) is 0 Å². The molecule has 0 aliphatic heterocycles. The average Bonchev–Trinajstić information content (AvgIpc) is 2.44. The summed E-state index contributed by atoms with van der Waals surface area (Å²) in [6, 6.07) is 6.69. The van der Waals surface area contributed by atoms with Gasteiger partial charge in [0.15, 0.2) is 5.78 Å². The Hall–Kier alpha value is -2.43. The summed E-state index contributed by atoms with van der Waals surface area (Å²) in [7, 11) is 1.30. The van der Waals surface area contributed by atoms with E-state index >= 15 is 0 Å². The Bertz CT molecular complexity index is 671. The van der Waals surface area contributed by atoms with Crippen LogP contribution in [-0.2, 0) is 9.53 Å². The van der Waals surface area contributed by atoms with Crippen LogP contribution in [0.4, 0.5) is 5.69 Å². The predicted molar refractivity (Wildman–Crippen MR) is 83.6 cm³/mol. The lowest BCUT2D eigenvalue weighted by Gasteiger charge is -2.28. The van der Waals surface area contributed by atoms with Crippen molar-refractivity contribution in [1.82, 2.24) is 0 Å². The molecule has 1 aromatic rings. The zero-order valence-electron chi connectivity index (χ0n) is 12.9. The number of aliphatic imine (C=N–C) groups is 1. The molecule has 5 heteroatoms. The summed E-state index contributed by atoms with van der Waals surface area (Å²) >= 11 is 0. The van der Waals surface area contributed by atoms with Crippen molar-refractivity contribution in [3.63, 3.8) is 0 Å². The number of Topliss-reactive ketones (excluding diaryl/α,β-unsaturated/α-hetero) is 1. The number of carbonyl (C=O) groups excluding carboxylic acids is 2. The van der Waals surface area contributed by atoms with Crippen molar-refractivity contribution in [2.24, 2.45) is 10.4 Å². The molecule has 1 aromatic carbocycles. The normalized spacial score (nSPS) is 17.9. The SMILES string of the molecule is COC(=O)c1ccccc1N=CC1=C(O)CC(C)(C)CC1=O. The zero-order chi connectivity index (χ0) is 16.3. The maximum absolute atomic E-state index is 12.1. The summed E-state index contributed by atoms with van der Waals surface area (Å²) in [5, 5.41) is 10.1. The second kappa shape index (κ2) is 6.13. The second-order valence-corrected chi connectivity index (χ2v) is 6.07. The van der Waals surface area contributed by atoms with Gasteiger partial charge in [-0.3, -0.25) is 9.79 Å². The van der Waals surface area contributed by atoms with Gasteiger partial charge in [0.25, 0.3) is 0 Å². The number of benzene rings is 1. The van der Waals surface area contributed by atoms with Crippen molar-refractivity contribution < 1.29 is 19.4 Å². The molecule has 1 N–H and O–H groups in total. The number of aliphatic hydroxyl groups excluding tert-OH is 1. The molecule has 0 bridgehead atoms. The van der Waals surface area contributed by atoms with E-state index in [1.165, 1.54) is 13.3 Å². The molecule has 0 unspecified atom stereocenters. The highest BCUT2D eigenvalue weighted by Gasteiger charge is 2.32. The number of ether oxygens (including phenoxy) is 1. The first-order valence-electron chi connectivity index (χ1n) is 7.01. The summed E-state index contributed by atoms with van der Waals surface area (Å²) in [6.45, 7) is 3.86. The smallest absolute Gasteiger partial charge is 0.340 e. The minimum atomic E-state index is -0.498. The highest BCUT2D eigenvalue weighted by Crippen LogP contribution is 2.35. The number of nitrogens with zero attached hydrogens (tertiary/aromatic N) is 1. The lowest BCUT2D eigenvalue weighted by molar-refractivity contribution is -0.117. The number of allylic oxidation sites excluding steroid dienone is 2. The fourth-order valence-corrected chi connectivity index (χ4v) is 2.45. The van der Waals surface area contributed by atoms with Crippen LogP contribution in [-0.4, -0.2) is 30.2 Å². The number of hydrogen-bond acceptors (Lipinski definition) is 5. The first-order valence-corrected chi connectivity index (χ1v) is 7.01. The lowest BCUT2D eigenvalue weighted by Crippen LogP contribution is -2.26. The molecular weight excluding hydrogens is 282 g/mol. The third kappa shape index (κ3) is 3.42. The highest BCUT2D eigenvalue weighted by molar-refractivity contribution is 6.15. The second-order valence-electron chi connectivity index (χ2n) is 6.07. The molecule has 1 aliphatic rings. The van der Waals surface area contributed by atoms with E-state index in [-0.39, 0.29) is 22.5 Å². The van der Waals surface area contributed by atoms with Crippen molar-refractivity contribution in [2.75, 3.05) is 7.11 Å². The first-order chi connectivity index (χ1) is 10.3. The van der Waals surface area contributed by atoms with Gasteiger partial charge in [0.05, 0.1) is 23.9 Å². The van der Waals surface area contributed by atoms with Crippen LogP contribution in [0.5, 0.6) is 0 Å². The van der Waals surface area contributed by atoms with Crippen LogP contribution in [0, 0.1) is 5.41 Å². The van der Waals surface area contributed by atoms with Gasteiger partial charge in [-0.15, -0.1) is 0 Å². The fraction of sp³-hybridized carbons (Fsp3) is 0.353. The minimum Gasteiger partial charge on any atom is -0.511 e. The van der Waals surface area contributed by atoms with E-state index in [0.717, 1.165) is 0 Å². The van der Waals surface area contributed by atoms with Gasteiger partial charge in [-0.2, -0.15) is 0 Å². The first kappa shape index (κ1) is 15.9. The largest absolute Gasteiger partial charge is 0.511 e. The van der Waals surface area contributed by atoms with Gasteiger partial charge in [0.2, 0.25) is 0 Å². The number of methoxy groups -OCH3 is 1. The van der Waals surface area contributed by atoms with E-state index < -0.39 is 5.97 Å². The lowest BCUT2D eigenvalue weighted by atomic mass is 9.77. The quantitative estimate of drug-likeness (QED) is 0.686. The molecule has 0 amide bonds. The number of ketones is 1. The number of para-hydroxylation sites is 1. The van der Waals surface area contributed by atoms with Crippen molar-refractivity contribution in [3.05, 3.63) is 41.2 Å². The minimum absolute atomic E-state index is 0.0422. The van der Waals surface area contributed by atoms with E-state index in [4.69, 9.17) is 4.74 Å². The van der Waals surface area contributed by atoms with E-state index in [9.17, 15) is 14.7 Å². The Kier molecular flexibility index (Phi) is 4.45. The van der Waals surface area contributed by atoms with Crippen molar-refractivity contribution in [1.29, 1.82) is 0 Å². The summed E-state index contributed by atoms with van der Waals surface area (Å²) < 4.78 is 4.70. The number of aliphatic hydroxyl groups is 1. The monoisotopic (exact) mass is 301 g/mol. The zero-order valence-corrected chi connectivity index (χ0v) is 12.9. The third-order valence-corrected chi connectivity index (χ3v) is 3.54. The van der Waals surface area contributed by atoms with E-state index in [2.05, 4.69) is 4.99 Å². The molecule has 0 fully saturated rings. The standard InChI is InChI=1S/C17H19NO4/c1-17(2)8-14(19)12(15(20)9-17)10-18-13-7-5-4-6-11(13)16(21)22-3/h4-7,10,19H,8-9H2,1-3H3. The van der Waals surface area contributed by atoms with Gasteiger partial charge in [-0.1, -0.05) is 26.0 Å². The molecule has 116 valence electrons. The molecule has 0 heterocycles. The van der Waals surface area contributed by atoms with Gasteiger partial charge < -0.3 is 9.84 Å². The fourth-order valence-electron chi connectivity index (χ4n) is 2.45. The van der Waals surface area contributed by atoms with Gasteiger partial charge in [-0.05, 0) is 17.5 Å². The van der Waals surface area contributed by atoms with Gasteiger partial charge in [0, 0.05) is 19.1 Å². The Morgan fingerprint density at radius 3 is 2.64 bits per heavy atom. The summed E-state index contributed by atoms with van der Waals surface area (Å²) in [6.07, 6.45) is 2.12. The van der Waals surface area contributed by atoms with Gasteiger partial charge in [-0.25, -0.2) is 4.79 Å². The Morgan fingerprint density at radius 2 is 2.00 bits per heavy atom. The van der Waals surface area contributed by atoms with Crippen LogP contribution in [0.3, 0.4) is 0 Å². The van der Waals surface area contributed by atoms with Crippen LogP contribution < -0.4 is 0 Å². The van der Waals surface area contributed by atoms with Crippen molar-refractivity contribution in [2.45, 2.75) is 26.7 Å². The molecule has 0 radical (unpaired) electrons. The molecule has 0 saturated heterocycles. The van der Waals surface area contributed by atoms with Crippen molar-refractivity contribution >= 4 is 23.7 Å². The molecule has 2 rings (SSSR count). The summed E-state index contributed by atoms with van der Waals surface area (Å²) in [4.78, 5) is 28.0. The van der Waals surface area contributed by atoms with E-state index in [1.807, 2.05) is 13.8 Å². The third-order valence-electron chi connectivity index (χ3n) is 3.54. The van der Waals surface area contributed by atoms with E-state index in [1.54, 1.807) is 24.3 Å². The molecule has 0 atom stereocenters. The van der Waals surface area contributed by atoms with Gasteiger partial charge in [0.1, 0.15) is 5.76 Å². The molecule has 0 aromatic heterocycles. The molecular formula is C17H19NO4. The topological polar surface area (TPSA) is 76.0 Å². The van der Waals surface area contributed by atoms with Crippen LogP contribution in [0.1, 0.15) is 37.0 Å². The van der Waals surface area contributed by atoms with Crippen molar-refractivity contribution in [3.8, 4) is 0 Å². The average molecular weight is 301 g/mol. The number of rotatable bonds is 3. The summed E-state index contributed by atoms with van der Waals surface area (Å²) in [5.41, 5.74) is 0.666. The van der Waals surface area contributed by atoms with Crippen LogP contribution in [0.2, 0.25) is 0 Å². The Labute approximate surface area is 129 Å². The van der Waals surface area contributed by atoms with Crippen LogP contribution in [0.15, 0.2) is 40.6 Å². The maximum Gasteiger partial charge on any atom is 0.340 e. The number of hydrogen-bond donors (Lipinski definition) is 1. The molecule has 22 heavy (non-hydrogen) atoms. The molecule has 1 aliphatic carbocycles. The Balaban J connectivity index is 2.34. The molecule has 0 saturated carbocycles. The van der Waals surface area contributed by atoms with Crippen LogP contribution >= 0.6 is 0 Å². The Morgan fingerprint density at radius 1 is 1.32 bits per heavy atom. The van der Waals surface area contributed by atoms with E-state index in [0.29, 0.717) is 24.1 Å². The summed E-state index contributed by atoms with van der Waals surface area (Å²) in [5.74, 6) is -0.601. The molecule has 0 spiro atoms. The molecule has 5 nitrogen and oxygen atoms in total. The number of carbonyl (C=O) groups is 2.